The fourth-order valence-electron chi connectivity index (χ4n) is 1.00. The number of hydrogen-bond donors (Lipinski definition) is 3. The maximum absolute atomic E-state index is 11.4. The molecule has 0 aliphatic heterocycles. The summed E-state index contributed by atoms with van der Waals surface area (Å²) in [5, 5.41) is 4.79. The van der Waals surface area contributed by atoms with Gasteiger partial charge in [-0.05, 0) is 5.92 Å². The molecule has 0 rings (SSSR count). The van der Waals surface area contributed by atoms with Gasteiger partial charge in [-0.15, -0.1) is 0 Å². The molecule has 6 heteroatoms. The second kappa shape index (κ2) is 6.94. The van der Waals surface area contributed by atoms with Crippen molar-refractivity contribution in [3.63, 3.8) is 0 Å². The van der Waals surface area contributed by atoms with Crippen molar-refractivity contribution in [2.24, 2.45) is 11.7 Å². The van der Waals surface area contributed by atoms with E-state index in [1.165, 1.54) is 0 Å². The average Bonchev–Trinajstić information content (AvgIpc) is 2.21. The maximum atomic E-state index is 11.4. The lowest BCUT2D eigenvalue weighted by Crippen LogP contribution is -2.51. The minimum Gasteiger partial charge on any atom is -0.347 e. The van der Waals surface area contributed by atoms with E-state index in [9.17, 15) is 14.4 Å². The van der Waals surface area contributed by atoms with Gasteiger partial charge in [0.2, 0.25) is 18.1 Å². The summed E-state index contributed by atoms with van der Waals surface area (Å²) in [7, 11) is 0. The van der Waals surface area contributed by atoms with Crippen LogP contribution in [0.2, 0.25) is 0 Å². The summed E-state index contributed by atoms with van der Waals surface area (Å²) in [4.78, 5) is 32.4. The quantitative estimate of drug-likeness (QED) is 0.491. The molecule has 0 aromatic carbocycles. The van der Waals surface area contributed by atoms with E-state index < -0.39 is 17.9 Å². The first-order valence-electron chi connectivity index (χ1n) is 4.65. The highest BCUT2D eigenvalue weighted by Gasteiger charge is 2.22. The second-order valence-electron chi connectivity index (χ2n) is 3.36. The third-order valence-corrected chi connectivity index (χ3v) is 1.79. The van der Waals surface area contributed by atoms with E-state index in [0.717, 1.165) is 0 Å². The Morgan fingerprint density at radius 2 is 2.00 bits per heavy atom. The normalized spacial score (nSPS) is 12.0. The predicted octanol–water partition coefficient (Wildman–Crippen LogP) is -1.69. The molecular formula is C9H16N3O3. The van der Waals surface area contributed by atoms with Crippen LogP contribution in [0.1, 0.15) is 13.8 Å². The van der Waals surface area contributed by atoms with Gasteiger partial charge in [0.1, 0.15) is 6.04 Å². The van der Waals surface area contributed by atoms with Crippen molar-refractivity contribution in [1.29, 1.82) is 0 Å². The lowest BCUT2D eigenvalue weighted by Gasteiger charge is -2.20. The van der Waals surface area contributed by atoms with E-state index in [4.69, 9.17) is 5.73 Å². The molecule has 15 heavy (non-hydrogen) atoms. The average molecular weight is 214 g/mol. The molecule has 0 saturated carbocycles. The number of nitrogens with one attached hydrogen (secondary N) is 2. The van der Waals surface area contributed by atoms with E-state index in [1.807, 2.05) is 0 Å². The lowest BCUT2D eigenvalue weighted by atomic mass is 10.0. The number of rotatable bonds is 6. The number of hydrogen-bond acceptors (Lipinski definition) is 4. The monoisotopic (exact) mass is 214 g/mol. The fourth-order valence-corrected chi connectivity index (χ4v) is 1.00. The fraction of sp³-hybridized carbons (Fsp3) is 0.667. The van der Waals surface area contributed by atoms with Crippen LogP contribution in [-0.4, -0.2) is 37.2 Å². The Balaban J connectivity index is 4.31. The maximum Gasteiger partial charge on any atom is 0.243 e. The summed E-state index contributed by atoms with van der Waals surface area (Å²) in [6, 6.07) is -0.672. The Hall–Kier alpha value is -1.43. The molecule has 1 atom stereocenters. The molecule has 0 aromatic heterocycles. The summed E-state index contributed by atoms with van der Waals surface area (Å²) < 4.78 is 0. The molecule has 2 amide bonds. The molecule has 0 aromatic rings. The zero-order chi connectivity index (χ0) is 11.8. The molecule has 0 spiro atoms. The molecule has 0 fully saturated rings. The van der Waals surface area contributed by atoms with Crippen LogP contribution >= 0.6 is 0 Å². The van der Waals surface area contributed by atoms with E-state index in [1.54, 1.807) is 20.1 Å². The second-order valence-corrected chi connectivity index (χ2v) is 3.36. The Labute approximate surface area is 88.6 Å². The van der Waals surface area contributed by atoms with Crippen molar-refractivity contribution in [2.75, 3.05) is 13.1 Å². The first-order valence-corrected chi connectivity index (χ1v) is 4.65. The number of carbonyl (C=O) groups is 2. The molecule has 0 aliphatic carbocycles. The van der Waals surface area contributed by atoms with E-state index in [-0.39, 0.29) is 19.0 Å². The SMILES string of the molecule is CC(C)[C@H](NC(=O)CN)C(=O)NC[C]=O. The van der Waals surface area contributed by atoms with Crippen molar-refractivity contribution in [3.8, 4) is 0 Å². The van der Waals surface area contributed by atoms with Gasteiger partial charge in [0.05, 0.1) is 13.1 Å². The highest BCUT2D eigenvalue weighted by molar-refractivity contribution is 5.89. The zero-order valence-corrected chi connectivity index (χ0v) is 8.87. The van der Waals surface area contributed by atoms with Crippen molar-refractivity contribution in [3.05, 3.63) is 0 Å². The Morgan fingerprint density at radius 3 is 2.40 bits per heavy atom. The minimum absolute atomic E-state index is 0.0767. The smallest absolute Gasteiger partial charge is 0.243 e. The van der Waals surface area contributed by atoms with Crippen LogP contribution in [0.3, 0.4) is 0 Å². The van der Waals surface area contributed by atoms with Gasteiger partial charge in [-0.25, -0.2) is 0 Å². The van der Waals surface area contributed by atoms with Crippen LogP contribution in [0.4, 0.5) is 0 Å². The molecule has 0 heterocycles. The minimum atomic E-state index is -0.672. The van der Waals surface area contributed by atoms with Gasteiger partial charge in [-0.3, -0.25) is 14.4 Å². The summed E-state index contributed by atoms with van der Waals surface area (Å²) in [6.07, 6.45) is 1.54. The van der Waals surface area contributed by atoms with Crippen LogP contribution in [0, 0.1) is 5.92 Å². The largest absolute Gasteiger partial charge is 0.347 e. The van der Waals surface area contributed by atoms with Crippen LogP contribution in [-0.2, 0) is 14.4 Å². The molecule has 0 unspecified atom stereocenters. The Kier molecular flexibility index (Phi) is 6.28. The van der Waals surface area contributed by atoms with E-state index >= 15 is 0 Å². The molecule has 1 radical (unpaired) electrons. The van der Waals surface area contributed by atoms with E-state index in [2.05, 4.69) is 10.6 Å². The molecule has 0 bridgehead atoms. The molecule has 6 nitrogen and oxygen atoms in total. The van der Waals surface area contributed by atoms with Crippen molar-refractivity contribution in [1.82, 2.24) is 10.6 Å². The van der Waals surface area contributed by atoms with Gasteiger partial charge in [0.25, 0.3) is 0 Å². The summed E-state index contributed by atoms with van der Waals surface area (Å²) >= 11 is 0. The molecule has 0 saturated heterocycles. The molecule has 85 valence electrons. The molecular weight excluding hydrogens is 198 g/mol. The van der Waals surface area contributed by atoms with Crippen LogP contribution in [0.15, 0.2) is 0 Å². The summed E-state index contributed by atoms with van der Waals surface area (Å²) in [5.41, 5.74) is 5.11. The van der Waals surface area contributed by atoms with Crippen LogP contribution in [0.25, 0.3) is 0 Å². The van der Waals surface area contributed by atoms with Gasteiger partial charge < -0.3 is 16.4 Å². The summed E-state index contributed by atoms with van der Waals surface area (Å²) in [5.74, 6) is -0.888. The molecule has 4 N–H and O–H groups in total. The van der Waals surface area contributed by atoms with Crippen molar-refractivity contribution in [2.45, 2.75) is 19.9 Å². The molecule has 0 aliphatic rings. The van der Waals surface area contributed by atoms with Crippen LogP contribution in [0.5, 0.6) is 0 Å². The standard InChI is InChI=1S/C9H16N3O3/c1-6(2)8(12-7(14)5-10)9(15)11-3-4-13/h6,8H,3,5,10H2,1-2H3,(H,11,15)(H,12,14)/t8-/m0/s1. The van der Waals surface area contributed by atoms with Crippen LogP contribution < -0.4 is 16.4 Å². The first-order chi connectivity index (χ1) is 7.02. The first kappa shape index (κ1) is 13.6. The summed E-state index contributed by atoms with van der Waals surface area (Å²) in [6.45, 7) is 3.22. The predicted molar refractivity (Wildman–Crippen MR) is 54.5 cm³/mol. The third kappa shape index (κ3) is 5.11. The van der Waals surface area contributed by atoms with Crippen molar-refractivity contribution < 1.29 is 14.4 Å². The lowest BCUT2D eigenvalue weighted by molar-refractivity contribution is -0.129. The van der Waals surface area contributed by atoms with Gasteiger partial charge in [0, 0.05) is 0 Å². The van der Waals surface area contributed by atoms with Gasteiger partial charge in [0.15, 0.2) is 0 Å². The Bertz CT molecular complexity index is 241. The zero-order valence-electron chi connectivity index (χ0n) is 8.87. The van der Waals surface area contributed by atoms with Gasteiger partial charge >= 0.3 is 0 Å². The van der Waals surface area contributed by atoms with Gasteiger partial charge in [-0.2, -0.15) is 0 Å². The highest BCUT2D eigenvalue weighted by Crippen LogP contribution is 2.01. The number of amides is 2. The third-order valence-electron chi connectivity index (χ3n) is 1.79. The highest BCUT2D eigenvalue weighted by atomic mass is 16.2. The topological polar surface area (TPSA) is 101 Å². The van der Waals surface area contributed by atoms with Crippen molar-refractivity contribution >= 4 is 18.1 Å². The number of carbonyl (C=O) groups excluding carboxylic acids is 3. The van der Waals surface area contributed by atoms with E-state index in [0.29, 0.717) is 0 Å². The Morgan fingerprint density at radius 1 is 1.40 bits per heavy atom. The van der Waals surface area contributed by atoms with Gasteiger partial charge in [-0.1, -0.05) is 13.8 Å². The number of nitrogens with two attached hydrogens (primary N) is 1.